The lowest BCUT2D eigenvalue weighted by molar-refractivity contribution is 0.161. The van der Waals surface area contributed by atoms with Crippen LogP contribution in [0.15, 0.2) is 0 Å². The third-order valence-electron chi connectivity index (χ3n) is 4.73. The Morgan fingerprint density at radius 2 is 1.45 bits per heavy atom. The molecule has 0 saturated carbocycles. The van der Waals surface area contributed by atoms with Crippen LogP contribution >= 0.6 is 15.9 Å². The second-order valence-electron chi connectivity index (χ2n) is 6.52. The lowest BCUT2D eigenvalue weighted by atomic mass is 10.0. The molecule has 0 amide bonds. The minimum Gasteiger partial charge on any atom is -0.300 e. The van der Waals surface area contributed by atoms with Crippen LogP contribution in [-0.4, -0.2) is 29.4 Å². The smallest absolute Gasteiger partial charge is 0.0192 e. The number of nitrogens with zero attached hydrogens (tertiary/aromatic N) is 1. The fraction of sp³-hybridized carbons (Fsp3) is 1.00. The third kappa shape index (κ3) is 8.67. The van der Waals surface area contributed by atoms with Crippen LogP contribution in [0.25, 0.3) is 0 Å². The molecule has 1 nitrogen and oxygen atoms in total. The standard InChI is InChI=1S/C18H36BrN/c1-2-3-4-5-6-7-8-9-10-12-15-20-16-13-11-14-18(20)17-19/h18H,2-17H2,1H3. The van der Waals surface area contributed by atoms with Gasteiger partial charge in [0.05, 0.1) is 0 Å². The van der Waals surface area contributed by atoms with Crippen molar-refractivity contribution in [2.24, 2.45) is 0 Å². The van der Waals surface area contributed by atoms with Crippen molar-refractivity contribution in [3.05, 3.63) is 0 Å². The molecule has 0 aromatic rings. The quantitative estimate of drug-likeness (QED) is 0.302. The Kier molecular flexibility index (Phi) is 12.1. The SMILES string of the molecule is CCCCCCCCCCCCN1CCCCC1CBr. The molecule has 0 bridgehead atoms. The summed E-state index contributed by atoms with van der Waals surface area (Å²) in [6.45, 7) is 4.98. The molecule has 0 aliphatic carbocycles. The van der Waals surface area contributed by atoms with Gasteiger partial charge in [0.15, 0.2) is 0 Å². The van der Waals surface area contributed by atoms with E-state index in [-0.39, 0.29) is 0 Å². The number of halogens is 1. The average Bonchev–Trinajstić information content (AvgIpc) is 2.49. The molecule has 0 radical (unpaired) electrons. The molecule has 1 fully saturated rings. The monoisotopic (exact) mass is 345 g/mol. The van der Waals surface area contributed by atoms with E-state index in [2.05, 4.69) is 27.8 Å². The van der Waals surface area contributed by atoms with Crippen molar-refractivity contribution < 1.29 is 0 Å². The van der Waals surface area contributed by atoms with E-state index in [9.17, 15) is 0 Å². The fourth-order valence-electron chi connectivity index (χ4n) is 3.33. The molecule has 1 heterocycles. The van der Waals surface area contributed by atoms with E-state index in [1.54, 1.807) is 0 Å². The minimum absolute atomic E-state index is 0.822. The summed E-state index contributed by atoms with van der Waals surface area (Å²) in [7, 11) is 0. The highest BCUT2D eigenvalue weighted by Gasteiger charge is 2.20. The minimum atomic E-state index is 0.822. The Bertz CT molecular complexity index is 208. The van der Waals surface area contributed by atoms with Gasteiger partial charge in [0.2, 0.25) is 0 Å². The summed E-state index contributed by atoms with van der Waals surface area (Å²) in [6.07, 6.45) is 18.7. The molecule has 0 N–H and O–H groups in total. The predicted molar refractivity (Wildman–Crippen MR) is 94.9 cm³/mol. The molecule has 2 heteroatoms. The summed E-state index contributed by atoms with van der Waals surface area (Å²) >= 11 is 3.68. The number of hydrogen-bond acceptors (Lipinski definition) is 1. The van der Waals surface area contributed by atoms with Crippen LogP contribution in [0.1, 0.15) is 90.4 Å². The van der Waals surface area contributed by atoms with Crippen molar-refractivity contribution in [3.8, 4) is 0 Å². The van der Waals surface area contributed by atoms with Crippen molar-refractivity contribution in [1.82, 2.24) is 4.90 Å². The molecule has 1 rings (SSSR count). The number of alkyl halides is 1. The van der Waals surface area contributed by atoms with E-state index in [1.165, 1.54) is 102 Å². The van der Waals surface area contributed by atoms with Gasteiger partial charge in [0.1, 0.15) is 0 Å². The molecule has 1 aliphatic heterocycles. The molecule has 1 atom stereocenters. The van der Waals surface area contributed by atoms with Gasteiger partial charge in [-0.3, -0.25) is 4.90 Å². The van der Waals surface area contributed by atoms with Gasteiger partial charge in [-0.15, -0.1) is 0 Å². The first-order chi connectivity index (χ1) is 9.88. The Balaban J connectivity index is 1.86. The Morgan fingerprint density at radius 3 is 2.05 bits per heavy atom. The normalized spacial score (nSPS) is 20.4. The van der Waals surface area contributed by atoms with Crippen LogP contribution in [-0.2, 0) is 0 Å². The van der Waals surface area contributed by atoms with Crippen LogP contribution in [0.5, 0.6) is 0 Å². The number of unbranched alkanes of at least 4 members (excludes halogenated alkanes) is 9. The van der Waals surface area contributed by atoms with E-state index in [1.807, 2.05) is 0 Å². The maximum atomic E-state index is 3.68. The summed E-state index contributed by atoms with van der Waals surface area (Å²) in [5, 5.41) is 1.17. The Labute approximate surface area is 136 Å². The summed E-state index contributed by atoms with van der Waals surface area (Å²) < 4.78 is 0. The van der Waals surface area contributed by atoms with Crippen LogP contribution in [0.3, 0.4) is 0 Å². The van der Waals surface area contributed by atoms with Crippen LogP contribution < -0.4 is 0 Å². The van der Waals surface area contributed by atoms with Gasteiger partial charge in [-0.2, -0.15) is 0 Å². The first kappa shape index (κ1) is 18.5. The second kappa shape index (κ2) is 13.1. The Morgan fingerprint density at radius 1 is 0.850 bits per heavy atom. The highest BCUT2D eigenvalue weighted by molar-refractivity contribution is 9.09. The molecule has 0 aromatic heterocycles. The van der Waals surface area contributed by atoms with E-state index in [4.69, 9.17) is 0 Å². The summed E-state index contributed by atoms with van der Waals surface area (Å²) in [4.78, 5) is 2.73. The van der Waals surface area contributed by atoms with Gasteiger partial charge in [0, 0.05) is 11.4 Å². The van der Waals surface area contributed by atoms with E-state index in [0.717, 1.165) is 6.04 Å². The van der Waals surface area contributed by atoms with Gasteiger partial charge in [0.25, 0.3) is 0 Å². The summed E-state index contributed by atoms with van der Waals surface area (Å²) in [5.41, 5.74) is 0. The van der Waals surface area contributed by atoms with Gasteiger partial charge < -0.3 is 0 Å². The number of likely N-dealkylation sites (tertiary alicyclic amines) is 1. The van der Waals surface area contributed by atoms with Crippen molar-refractivity contribution in [2.45, 2.75) is 96.4 Å². The molecule has 20 heavy (non-hydrogen) atoms. The van der Waals surface area contributed by atoms with E-state index < -0.39 is 0 Å². The molecule has 1 aliphatic rings. The Hall–Kier alpha value is 0.440. The number of rotatable bonds is 12. The lowest BCUT2D eigenvalue weighted by Crippen LogP contribution is -2.41. The van der Waals surface area contributed by atoms with Crippen molar-refractivity contribution in [2.75, 3.05) is 18.4 Å². The molecule has 1 unspecified atom stereocenters. The van der Waals surface area contributed by atoms with Gasteiger partial charge >= 0.3 is 0 Å². The van der Waals surface area contributed by atoms with Crippen molar-refractivity contribution in [3.63, 3.8) is 0 Å². The van der Waals surface area contributed by atoms with Gasteiger partial charge in [-0.1, -0.05) is 87.1 Å². The number of piperidine rings is 1. The van der Waals surface area contributed by atoms with E-state index >= 15 is 0 Å². The maximum absolute atomic E-state index is 3.68. The molecule has 120 valence electrons. The lowest BCUT2D eigenvalue weighted by Gasteiger charge is -2.34. The van der Waals surface area contributed by atoms with Crippen LogP contribution in [0.2, 0.25) is 0 Å². The first-order valence-electron chi connectivity index (χ1n) is 9.18. The molecule has 0 spiro atoms. The van der Waals surface area contributed by atoms with Crippen LogP contribution in [0.4, 0.5) is 0 Å². The summed E-state index contributed by atoms with van der Waals surface area (Å²) in [5.74, 6) is 0. The van der Waals surface area contributed by atoms with Crippen molar-refractivity contribution >= 4 is 15.9 Å². The van der Waals surface area contributed by atoms with E-state index in [0.29, 0.717) is 0 Å². The van der Waals surface area contributed by atoms with Crippen LogP contribution in [0, 0.1) is 0 Å². The summed E-state index contributed by atoms with van der Waals surface area (Å²) in [6, 6.07) is 0.822. The number of hydrogen-bond donors (Lipinski definition) is 0. The fourth-order valence-corrected chi connectivity index (χ4v) is 4.06. The average molecular weight is 346 g/mol. The molecular weight excluding hydrogens is 310 g/mol. The topological polar surface area (TPSA) is 3.24 Å². The second-order valence-corrected chi connectivity index (χ2v) is 7.17. The third-order valence-corrected chi connectivity index (χ3v) is 5.47. The van der Waals surface area contributed by atoms with Gasteiger partial charge in [-0.25, -0.2) is 0 Å². The van der Waals surface area contributed by atoms with Gasteiger partial charge in [-0.05, 0) is 32.4 Å². The zero-order valence-electron chi connectivity index (χ0n) is 13.7. The zero-order chi connectivity index (χ0) is 14.5. The largest absolute Gasteiger partial charge is 0.300 e. The molecule has 0 aromatic carbocycles. The maximum Gasteiger partial charge on any atom is 0.0192 e. The predicted octanol–water partition coefficient (Wildman–Crippen LogP) is 6.16. The van der Waals surface area contributed by atoms with Crippen molar-refractivity contribution in [1.29, 1.82) is 0 Å². The highest BCUT2D eigenvalue weighted by Crippen LogP contribution is 2.19. The highest BCUT2D eigenvalue weighted by atomic mass is 79.9. The first-order valence-corrected chi connectivity index (χ1v) is 10.3. The zero-order valence-corrected chi connectivity index (χ0v) is 15.3. The molecular formula is C18H36BrN. The molecule has 1 saturated heterocycles.